The fourth-order valence-electron chi connectivity index (χ4n) is 2.69. The molecule has 2 amide bonds. The van der Waals surface area contributed by atoms with E-state index >= 15 is 0 Å². The zero-order valence-electron chi connectivity index (χ0n) is 14.6. The molecule has 0 aromatic heterocycles. The van der Waals surface area contributed by atoms with Crippen LogP contribution in [-0.4, -0.2) is 31.2 Å². The number of ether oxygens (including phenoxy) is 3. The van der Waals surface area contributed by atoms with Crippen LogP contribution in [0.3, 0.4) is 0 Å². The zero-order valence-corrected chi connectivity index (χ0v) is 15.4. The second-order valence-electron chi connectivity index (χ2n) is 5.94. The second-order valence-corrected chi connectivity index (χ2v) is 6.35. The van der Waals surface area contributed by atoms with Crippen LogP contribution in [0, 0.1) is 0 Å². The number of esters is 1. The van der Waals surface area contributed by atoms with Crippen LogP contribution in [-0.2, 0) is 9.53 Å². The standard InChI is InChI=1S/C19H17ClN2O6/c20-13-4-2-1-3-12(13)14(22-19(21)25)8-18(24)26-9-15(23)11-5-6-16-17(7-11)28-10-27-16/h1-7,14H,8-10H2,(H3,21,22,25)/t14-/m1/s1. The van der Waals surface area contributed by atoms with Crippen LogP contribution in [0.4, 0.5) is 4.79 Å². The maximum Gasteiger partial charge on any atom is 0.312 e. The van der Waals surface area contributed by atoms with Crippen LogP contribution in [0.1, 0.15) is 28.4 Å². The maximum absolute atomic E-state index is 12.3. The second kappa shape index (κ2) is 8.62. The summed E-state index contributed by atoms with van der Waals surface area (Å²) >= 11 is 6.12. The predicted molar refractivity (Wildman–Crippen MR) is 99.4 cm³/mol. The topological polar surface area (TPSA) is 117 Å². The van der Waals surface area contributed by atoms with E-state index < -0.39 is 30.4 Å². The molecule has 0 saturated carbocycles. The molecular weight excluding hydrogens is 388 g/mol. The average molecular weight is 405 g/mol. The minimum absolute atomic E-state index is 0.0955. The van der Waals surface area contributed by atoms with Crippen molar-refractivity contribution in [2.75, 3.05) is 13.4 Å². The normalized spacial score (nSPS) is 12.9. The van der Waals surface area contributed by atoms with Gasteiger partial charge in [0.15, 0.2) is 23.9 Å². The maximum atomic E-state index is 12.3. The lowest BCUT2D eigenvalue weighted by Gasteiger charge is -2.18. The van der Waals surface area contributed by atoms with Crippen molar-refractivity contribution in [1.82, 2.24) is 5.32 Å². The number of primary amides is 1. The highest BCUT2D eigenvalue weighted by molar-refractivity contribution is 6.31. The minimum atomic E-state index is -0.811. The molecule has 3 rings (SSSR count). The number of benzene rings is 2. The summed E-state index contributed by atoms with van der Waals surface area (Å²) in [6.45, 7) is -0.359. The van der Waals surface area contributed by atoms with Crippen molar-refractivity contribution >= 4 is 29.4 Å². The van der Waals surface area contributed by atoms with Crippen molar-refractivity contribution in [2.24, 2.45) is 5.73 Å². The Morgan fingerprint density at radius 1 is 1.14 bits per heavy atom. The Kier molecular flexibility index (Phi) is 6.00. The molecular formula is C19H17ClN2O6. The summed E-state index contributed by atoms with van der Waals surface area (Å²) in [5.41, 5.74) is 6.02. The quantitative estimate of drug-likeness (QED) is 0.541. The number of amides is 2. The van der Waals surface area contributed by atoms with E-state index in [1.165, 1.54) is 6.07 Å². The number of nitrogens with two attached hydrogens (primary N) is 1. The molecule has 0 fully saturated rings. The van der Waals surface area contributed by atoms with Gasteiger partial charge in [0.05, 0.1) is 12.5 Å². The van der Waals surface area contributed by atoms with E-state index in [1.807, 2.05) is 0 Å². The molecule has 146 valence electrons. The van der Waals surface area contributed by atoms with Gasteiger partial charge < -0.3 is 25.3 Å². The number of nitrogens with one attached hydrogen (secondary N) is 1. The van der Waals surface area contributed by atoms with Gasteiger partial charge in [0.25, 0.3) is 0 Å². The van der Waals surface area contributed by atoms with Gasteiger partial charge in [0.1, 0.15) is 0 Å². The SMILES string of the molecule is NC(=O)N[C@H](CC(=O)OCC(=O)c1ccc2c(c1)OCO2)c1ccccc1Cl. The number of rotatable bonds is 7. The first-order chi connectivity index (χ1) is 13.4. The Morgan fingerprint density at radius 3 is 2.64 bits per heavy atom. The summed E-state index contributed by atoms with van der Waals surface area (Å²) in [5, 5.41) is 2.82. The number of fused-ring (bicyclic) bond motifs is 1. The monoisotopic (exact) mass is 404 g/mol. The molecule has 8 nitrogen and oxygen atoms in total. The molecule has 0 spiro atoms. The molecule has 1 heterocycles. The van der Waals surface area contributed by atoms with Crippen molar-refractivity contribution in [2.45, 2.75) is 12.5 Å². The third-order valence-electron chi connectivity index (χ3n) is 4.03. The van der Waals surface area contributed by atoms with Gasteiger partial charge in [-0.2, -0.15) is 0 Å². The van der Waals surface area contributed by atoms with Gasteiger partial charge >= 0.3 is 12.0 Å². The number of Topliss-reactive ketones (excluding diaryl/α,β-unsaturated/α-hetero) is 1. The molecule has 2 aromatic carbocycles. The summed E-state index contributed by atoms with van der Waals surface area (Å²) in [5.74, 6) is -0.0770. The number of carbonyl (C=O) groups is 3. The molecule has 0 aliphatic carbocycles. The van der Waals surface area contributed by atoms with E-state index in [-0.39, 0.29) is 13.2 Å². The Labute approximate surface area is 165 Å². The Hall–Kier alpha value is -3.26. The lowest BCUT2D eigenvalue weighted by Crippen LogP contribution is -2.35. The molecule has 1 atom stereocenters. The van der Waals surface area contributed by atoms with Gasteiger partial charge in [-0.25, -0.2) is 4.79 Å². The lowest BCUT2D eigenvalue weighted by molar-refractivity contribution is -0.143. The molecule has 0 unspecified atom stereocenters. The highest BCUT2D eigenvalue weighted by Crippen LogP contribution is 2.32. The summed E-state index contributed by atoms with van der Waals surface area (Å²) in [7, 11) is 0. The van der Waals surface area contributed by atoms with Crippen LogP contribution in [0.15, 0.2) is 42.5 Å². The van der Waals surface area contributed by atoms with Gasteiger partial charge in [-0.15, -0.1) is 0 Å². The molecule has 1 aliphatic rings. The van der Waals surface area contributed by atoms with Gasteiger partial charge in [-0.05, 0) is 29.8 Å². The smallest absolute Gasteiger partial charge is 0.312 e. The molecule has 1 aliphatic heterocycles. The highest BCUT2D eigenvalue weighted by atomic mass is 35.5. The van der Waals surface area contributed by atoms with Crippen LogP contribution >= 0.6 is 11.6 Å². The molecule has 3 N–H and O–H groups in total. The molecule has 0 saturated heterocycles. The van der Waals surface area contributed by atoms with Gasteiger partial charge in [-0.3, -0.25) is 9.59 Å². The van der Waals surface area contributed by atoms with E-state index in [1.54, 1.807) is 36.4 Å². The summed E-state index contributed by atoms with van der Waals surface area (Å²) in [6, 6.07) is 9.83. The minimum Gasteiger partial charge on any atom is -0.457 e. The molecule has 0 bridgehead atoms. The molecule has 28 heavy (non-hydrogen) atoms. The third-order valence-corrected chi connectivity index (χ3v) is 4.37. The fourth-order valence-corrected chi connectivity index (χ4v) is 2.96. The predicted octanol–water partition coefficient (Wildman–Crippen LogP) is 2.59. The number of carbonyl (C=O) groups excluding carboxylic acids is 3. The lowest BCUT2D eigenvalue weighted by atomic mass is 10.0. The van der Waals surface area contributed by atoms with E-state index in [4.69, 9.17) is 31.5 Å². The Balaban J connectivity index is 1.60. The fraction of sp³-hybridized carbons (Fsp3) is 0.211. The van der Waals surface area contributed by atoms with Gasteiger partial charge in [-0.1, -0.05) is 29.8 Å². The summed E-state index contributed by atoms with van der Waals surface area (Å²) in [4.78, 5) is 35.7. The number of hydrogen-bond acceptors (Lipinski definition) is 6. The van der Waals surface area contributed by atoms with E-state index in [0.717, 1.165) is 0 Å². The van der Waals surface area contributed by atoms with Gasteiger partial charge in [0, 0.05) is 10.6 Å². The van der Waals surface area contributed by atoms with E-state index in [2.05, 4.69) is 5.32 Å². The van der Waals surface area contributed by atoms with Crippen LogP contribution in [0.5, 0.6) is 11.5 Å². The van der Waals surface area contributed by atoms with Crippen LogP contribution < -0.4 is 20.5 Å². The highest BCUT2D eigenvalue weighted by Gasteiger charge is 2.22. The van der Waals surface area contributed by atoms with E-state index in [0.29, 0.717) is 27.6 Å². The van der Waals surface area contributed by atoms with Crippen molar-refractivity contribution in [3.8, 4) is 11.5 Å². The number of urea groups is 1. The van der Waals surface area contributed by atoms with Crippen molar-refractivity contribution in [1.29, 1.82) is 0 Å². The third kappa shape index (κ3) is 4.72. The average Bonchev–Trinajstić information content (AvgIpc) is 3.13. The van der Waals surface area contributed by atoms with Gasteiger partial charge in [0.2, 0.25) is 6.79 Å². The molecule has 9 heteroatoms. The number of hydrogen-bond donors (Lipinski definition) is 2. The van der Waals surface area contributed by atoms with Crippen molar-refractivity contribution in [3.05, 3.63) is 58.6 Å². The Bertz CT molecular complexity index is 917. The zero-order chi connectivity index (χ0) is 20.1. The van der Waals surface area contributed by atoms with Crippen molar-refractivity contribution in [3.63, 3.8) is 0 Å². The van der Waals surface area contributed by atoms with E-state index in [9.17, 15) is 14.4 Å². The summed E-state index contributed by atoms with van der Waals surface area (Å²) < 4.78 is 15.5. The first kappa shape index (κ1) is 19.5. The first-order valence-electron chi connectivity index (χ1n) is 8.33. The molecule has 2 aromatic rings. The Morgan fingerprint density at radius 2 is 1.89 bits per heavy atom. The largest absolute Gasteiger partial charge is 0.457 e. The number of halogens is 1. The number of ketones is 1. The first-order valence-corrected chi connectivity index (χ1v) is 8.70. The molecule has 0 radical (unpaired) electrons. The van der Waals surface area contributed by atoms with Crippen LogP contribution in [0.25, 0.3) is 0 Å². The summed E-state index contributed by atoms with van der Waals surface area (Å²) in [6.07, 6.45) is -0.235. The van der Waals surface area contributed by atoms with Crippen LogP contribution in [0.2, 0.25) is 5.02 Å². The van der Waals surface area contributed by atoms with Crippen molar-refractivity contribution < 1.29 is 28.6 Å².